The summed E-state index contributed by atoms with van der Waals surface area (Å²) >= 11 is 1.35. The van der Waals surface area contributed by atoms with Crippen LogP contribution in [0.3, 0.4) is 0 Å². The van der Waals surface area contributed by atoms with Gasteiger partial charge in [-0.2, -0.15) is 5.10 Å². The number of aromatic amines is 1. The molecule has 0 aliphatic carbocycles. The molecule has 0 radical (unpaired) electrons. The van der Waals surface area contributed by atoms with Crippen LogP contribution in [0, 0.1) is 0 Å². The summed E-state index contributed by atoms with van der Waals surface area (Å²) < 4.78 is 7.79. The lowest BCUT2D eigenvalue weighted by Gasteiger charge is -2.31. The highest BCUT2D eigenvalue weighted by Crippen LogP contribution is 2.38. The zero-order chi connectivity index (χ0) is 25.0. The molecule has 182 valence electrons. The number of carbonyl (C=O) groups excluding carboxylic acids is 2. The van der Waals surface area contributed by atoms with E-state index in [0.717, 1.165) is 16.0 Å². The largest absolute Gasteiger partial charge is 0.476 e. The average Bonchev–Trinajstić information content (AvgIpc) is 3.51. The van der Waals surface area contributed by atoms with Gasteiger partial charge in [0.15, 0.2) is 5.60 Å². The molecular weight excluding hydrogens is 468 g/mol. The number of benzene rings is 1. The zero-order valence-corrected chi connectivity index (χ0v) is 20.6. The van der Waals surface area contributed by atoms with Gasteiger partial charge in [0.1, 0.15) is 5.75 Å². The van der Waals surface area contributed by atoms with Crippen molar-refractivity contribution in [1.29, 1.82) is 0 Å². The van der Waals surface area contributed by atoms with Gasteiger partial charge in [-0.3, -0.25) is 20.0 Å². The van der Waals surface area contributed by atoms with Gasteiger partial charge in [0, 0.05) is 29.2 Å². The normalized spacial score (nSPS) is 14.9. The number of amides is 2. The van der Waals surface area contributed by atoms with E-state index >= 15 is 0 Å². The van der Waals surface area contributed by atoms with Crippen molar-refractivity contribution in [3.05, 3.63) is 41.5 Å². The van der Waals surface area contributed by atoms with Crippen LogP contribution in [0.2, 0.25) is 0 Å². The predicted molar refractivity (Wildman–Crippen MR) is 134 cm³/mol. The lowest BCUT2D eigenvalue weighted by atomic mass is 10.1. The van der Waals surface area contributed by atoms with Crippen LogP contribution in [-0.4, -0.2) is 47.9 Å². The molecule has 0 saturated carbocycles. The Hall–Kier alpha value is -3.70. The molecule has 5 rings (SSSR count). The van der Waals surface area contributed by atoms with E-state index in [9.17, 15) is 14.7 Å². The third-order valence-electron chi connectivity index (χ3n) is 5.79. The van der Waals surface area contributed by atoms with Crippen molar-refractivity contribution in [2.24, 2.45) is 0 Å². The number of rotatable bonds is 6. The van der Waals surface area contributed by atoms with Crippen molar-refractivity contribution in [1.82, 2.24) is 19.7 Å². The second kappa shape index (κ2) is 8.21. The Morgan fingerprint density at radius 3 is 2.83 bits per heavy atom. The van der Waals surface area contributed by atoms with E-state index in [1.54, 1.807) is 58.3 Å². The number of anilines is 2. The first-order chi connectivity index (χ1) is 16.5. The van der Waals surface area contributed by atoms with Gasteiger partial charge in [0.2, 0.25) is 5.95 Å². The average molecular weight is 495 g/mol. The van der Waals surface area contributed by atoms with Crippen LogP contribution in [0.15, 0.2) is 36.7 Å². The molecule has 0 unspecified atom stereocenters. The third-order valence-corrected chi connectivity index (χ3v) is 6.93. The van der Waals surface area contributed by atoms with Gasteiger partial charge in [-0.05, 0) is 52.3 Å². The van der Waals surface area contributed by atoms with Crippen LogP contribution >= 0.6 is 11.3 Å². The summed E-state index contributed by atoms with van der Waals surface area (Å²) in [6, 6.07) is 7.17. The van der Waals surface area contributed by atoms with Crippen molar-refractivity contribution in [2.75, 3.05) is 10.6 Å². The Morgan fingerprint density at radius 2 is 2.11 bits per heavy atom. The molecular formula is C24H26N6O4S. The van der Waals surface area contributed by atoms with Crippen LogP contribution < -0.4 is 15.4 Å². The number of hydrogen-bond acceptors (Lipinski definition) is 7. The fourth-order valence-corrected chi connectivity index (χ4v) is 4.68. The molecule has 2 amide bonds. The maximum absolute atomic E-state index is 13.1. The first kappa shape index (κ1) is 23.1. The Morgan fingerprint density at radius 1 is 1.31 bits per heavy atom. The van der Waals surface area contributed by atoms with Crippen molar-refractivity contribution < 1.29 is 19.4 Å². The Balaban J connectivity index is 1.51. The summed E-state index contributed by atoms with van der Waals surface area (Å²) in [5.74, 6) is 0.332. The highest BCUT2D eigenvalue weighted by Gasteiger charge is 2.36. The van der Waals surface area contributed by atoms with Crippen LogP contribution in [-0.2, 0) is 11.3 Å². The lowest BCUT2D eigenvalue weighted by molar-refractivity contribution is -0.129. The molecule has 35 heavy (non-hydrogen) atoms. The topological polar surface area (TPSA) is 134 Å². The molecule has 1 aromatic carbocycles. The first-order valence-electron chi connectivity index (χ1n) is 11.2. The number of aromatic nitrogens is 4. The number of nitrogens with one attached hydrogen (secondary N) is 3. The minimum Gasteiger partial charge on any atom is -0.476 e. The molecule has 4 N–H and O–H groups in total. The Bertz CT molecular complexity index is 1430. The van der Waals surface area contributed by atoms with Gasteiger partial charge in [-0.1, -0.05) is 0 Å². The van der Waals surface area contributed by atoms with Crippen molar-refractivity contribution in [3.8, 4) is 16.2 Å². The molecule has 3 aromatic heterocycles. The number of aryl methyl sites for hydroxylation is 1. The van der Waals surface area contributed by atoms with E-state index in [2.05, 4.69) is 25.8 Å². The SMILES string of the molecule is CC(C)(O)CCn1c(NC(=O)c2ccc(-c3cn[nH]c3)s2)nc2cc3c(cc21)OC(C)(C)C(=O)N3. The van der Waals surface area contributed by atoms with E-state index in [-0.39, 0.29) is 11.8 Å². The van der Waals surface area contributed by atoms with E-state index in [4.69, 9.17) is 4.74 Å². The number of carbonyl (C=O) groups is 2. The standard InChI is InChI=1S/C24H26N6O4S/c1-23(2,33)7-8-30-16-10-17-15(27-21(32)24(3,4)34-17)9-14(16)28-22(30)29-20(31)19-6-5-18(35-19)13-11-25-26-12-13/h5-6,9-12,33H,7-8H2,1-4H3,(H,25,26)(H,27,32)(H,28,29,31). The summed E-state index contributed by atoms with van der Waals surface area (Å²) in [5.41, 5.74) is 0.814. The molecule has 1 aliphatic rings. The summed E-state index contributed by atoms with van der Waals surface area (Å²) in [6.07, 6.45) is 3.91. The number of H-pyrrole nitrogens is 1. The van der Waals surface area contributed by atoms with Gasteiger partial charge < -0.3 is 19.7 Å². The van der Waals surface area contributed by atoms with Gasteiger partial charge in [-0.15, -0.1) is 11.3 Å². The Labute approximate surface area is 205 Å². The van der Waals surface area contributed by atoms with E-state index in [0.29, 0.717) is 40.7 Å². The highest BCUT2D eigenvalue weighted by atomic mass is 32.1. The number of ether oxygens (including phenoxy) is 1. The fraction of sp³-hybridized carbons (Fsp3) is 0.333. The molecule has 4 aromatic rings. The molecule has 11 heteroatoms. The van der Waals surface area contributed by atoms with Crippen LogP contribution in [0.25, 0.3) is 21.5 Å². The zero-order valence-electron chi connectivity index (χ0n) is 19.8. The molecule has 0 bridgehead atoms. The minimum absolute atomic E-state index is 0.245. The maximum Gasteiger partial charge on any atom is 0.268 e. The van der Waals surface area contributed by atoms with Crippen LogP contribution in [0.1, 0.15) is 43.8 Å². The molecule has 0 atom stereocenters. The molecule has 0 fully saturated rings. The smallest absolute Gasteiger partial charge is 0.268 e. The number of imidazole rings is 1. The summed E-state index contributed by atoms with van der Waals surface area (Å²) in [7, 11) is 0. The van der Waals surface area contributed by atoms with E-state index < -0.39 is 11.2 Å². The number of hydrogen-bond donors (Lipinski definition) is 4. The minimum atomic E-state index is -1.01. The number of nitrogens with zero attached hydrogens (tertiary/aromatic N) is 3. The summed E-state index contributed by atoms with van der Waals surface area (Å²) in [5, 5.41) is 22.8. The van der Waals surface area contributed by atoms with Crippen LogP contribution in [0.5, 0.6) is 5.75 Å². The summed E-state index contributed by atoms with van der Waals surface area (Å²) in [4.78, 5) is 31.5. The quantitative estimate of drug-likeness (QED) is 0.320. The summed E-state index contributed by atoms with van der Waals surface area (Å²) in [6.45, 7) is 7.28. The van der Waals surface area contributed by atoms with E-state index in [1.807, 2.05) is 10.6 Å². The molecule has 0 spiro atoms. The highest BCUT2D eigenvalue weighted by molar-refractivity contribution is 7.17. The first-order valence-corrected chi connectivity index (χ1v) is 12.0. The third kappa shape index (κ3) is 4.52. The number of thiophene rings is 1. The second-order valence-corrected chi connectivity index (χ2v) is 10.7. The van der Waals surface area contributed by atoms with Crippen molar-refractivity contribution >= 4 is 45.8 Å². The monoisotopic (exact) mass is 494 g/mol. The maximum atomic E-state index is 13.1. The number of fused-ring (bicyclic) bond motifs is 2. The Kier molecular flexibility index (Phi) is 5.41. The van der Waals surface area contributed by atoms with Crippen molar-refractivity contribution in [2.45, 2.75) is 51.9 Å². The van der Waals surface area contributed by atoms with Crippen molar-refractivity contribution in [3.63, 3.8) is 0 Å². The number of aliphatic hydroxyl groups is 1. The fourth-order valence-electron chi connectivity index (χ4n) is 3.80. The lowest BCUT2D eigenvalue weighted by Crippen LogP contribution is -2.45. The molecule has 1 aliphatic heterocycles. The second-order valence-electron chi connectivity index (χ2n) is 9.66. The van der Waals surface area contributed by atoms with Gasteiger partial charge in [0.25, 0.3) is 11.8 Å². The predicted octanol–water partition coefficient (Wildman–Crippen LogP) is 4.01. The molecule has 0 saturated heterocycles. The molecule has 4 heterocycles. The van der Waals surface area contributed by atoms with Gasteiger partial charge in [-0.25, -0.2) is 4.98 Å². The molecule has 10 nitrogen and oxygen atoms in total. The van der Waals surface area contributed by atoms with Crippen LogP contribution in [0.4, 0.5) is 11.6 Å². The van der Waals surface area contributed by atoms with Gasteiger partial charge in [0.05, 0.1) is 33.4 Å². The van der Waals surface area contributed by atoms with Gasteiger partial charge >= 0.3 is 0 Å². The van der Waals surface area contributed by atoms with E-state index in [1.165, 1.54) is 11.3 Å².